The van der Waals surface area contributed by atoms with Crippen LogP contribution in [0.15, 0.2) is 42.3 Å². The van der Waals surface area contributed by atoms with Crippen molar-refractivity contribution in [3.05, 3.63) is 48.1 Å². The first-order valence-electron chi connectivity index (χ1n) is 5.21. The number of benzene rings is 1. The SMILES string of the molecule is N=CN.Nc1ccc(OC2=CCNC=C2)cc1F. The molecule has 0 unspecified atom stereocenters. The quantitative estimate of drug-likeness (QED) is 0.362. The van der Waals surface area contributed by atoms with Crippen molar-refractivity contribution in [1.29, 1.82) is 5.41 Å². The van der Waals surface area contributed by atoms with Crippen LogP contribution < -0.4 is 21.5 Å². The number of ether oxygens (including phenoxy) is 1. The van der Waals surface area contributed by atoms with Crippen molar-refractivity contribution in [2.24, 2.45) is 5.73 Å². The Morgan fingerprint density at radius 2 is 2.17 bits per heavy atom. The highest BCUT2D eigenvalue weighted by atomic mass is 19.1. The molecular formula is C12H15FN4O. The summed E-state index contributed by atoms with van der Waals surface area (Å²) >= 11 is 0. The van der Waals surface area contributed by atoms with Crippen LogP contribution in [-0.4, -0.2) is 12.9 Å². The summed E-state index contributed by atoms with van der Waals surface area (Å²) in [6.07, 6.45) is 6.18. The van der Waals surface area contributed by atoms with Gasteiger partial charge in [-0.3, -0.25) is 5.41 Å². The van der Waals surface area contributed by atoms with E-state index in [4.69, 9.17) is 15.9 Å². The molecule has 0 radical (unpaired) electrons. The summed E-state index contributed by atoms with van der Waals surface area (Å²) in [5, 5.41) is 8.85. The second-order valence-corrected chi connectivity index (χ2v) is 3.30. The number of halogens is 1. The van der Waals surface area contributed by atoms with Crippen molar-refractivity contribution in [3.8, 4) is 5.75 Å². The van der Waals surface area contributed by atoms with Gasteiger partial charge in [-0.05, 0) is 24.3 Å². The third-order valence-electron chi connectivity index (χ3n) is 1.99. The number of nitrogens with two attached hydrogens (primary N) is 2. The van der Waals surface area contributed by atoms with Gasteiger partial charge in [0, 0.05) is 18.8 Å². The van der Waals surface area contributed by atoms with E-state index in [0.717, 1.165) is 6.34 Å². The molecule has 1 heterocycles. The lowest BCUT2D eigenvalue weighted by molar-refractivity contribution is 0.435. The molecule has 0 saturated heterocycles. The maximum atomic E-state index is 13.1. The lowest BCUT2D eigenvalue weighted by Crippen LogP contribution is -2.10. The van der Waals surface area contributed by atoms with Gasteiger partial charge in [-0.1, -0.05) is 0 Å². The van der Waals surface area contributed by atoms with E-state index in [-0.39, 0.29) is 5.69 Å². The van der Waals surface area contributed by atoms with Crippen molar-refractivity contribution in [2.75, 3.05) is 12.3 Å². The molecule has 6 heteroatoms. The predicted molar refractivity (Wildman–Crippen MR) is 69.6 cm³/mol. The van der Waals surface area contributed by atoms with Crippen molar-refractivity contribution >= 4 is 12.0 Å². The van der Waals surface area contributed by atoms with Crippen LogP contribution in [0.5, 0.6) is 5.75 Å². The first-order valence-corrected chi connectivity index (χ1v) is 5.21. The number of allylic oxidation sites excluding steroid dienone is 1. The zero-order chi connectivity index (χ0) is 13.4. The molecule has 5 nitrogen and oxygen atoms in total. The van der Waals surface area contributed by atoms with Crippen LogP contribution in [0.2, 0.25) is 0 Å². The van der Waals surface area contributed by atoms with Gasteiger partial charge in [0.15, 0.2) is 0 Å². The Hall–Kier alpha value is -2.50. The van der Waals surface area contributed by atoms with Gasteiger partial charge < -0.3 is 21.5 Å². The van der Waals surface area contributed by atoms with Crippen molar-refractivity contribution < 1.29 is 9.13 Å². The third-order valence-corrected chi connectivity index (χ3v) is 1.99. The summed E-state index contributed by atoms with van der Waals surface area (Å²) in [7, 11) is 0. The maximum Gasteiger partial charge on any atom is 0.149 e. The van der Waals surface area contributed by atoms with E-state index in [0.29, 0.717) is 18.1 Å². The second kappa shape index (κ2) is 6.95. The number of hydrogen-bond acceptors (Lipinski definition) is 4. The normalized spacial score (nSPS) is 12.6. The average Bonchev–Trinajstić information content (AvgIpc) is 2.36. The molecule has 2 rings (SSSR count). The van der Waals surface area contributed by atoms with E-state index in [1.165, 1.54) is 12.1 Å². The molecule has 1 aromatic carbocycles. The van der Waals surface area contributed by atoms with Gasteiger partial charge in [-0.2, -0.15) is 0 Å². The highest BCUT2D eigenvalue weighted by Crippen LogP contribution is 2.20. The molecule has 0 saturated carbocycles. The van der Waals surface area contributed by atoms with Crippen molar-refractivity contribution in [2.45, 2.75) is 0 Å². The van der Waals surface area contributed by atoms with Crippen LogP contribution in [-0.2, 0) is 0 Å². The van der Waals surface area contributed by atoms with E-state index < -0.39 is 5.82 Å². The van der Waals surface area contributed by atoms with Gasteiger partial charge in [0.1, 0.15) is 17.3 Å². The zero-order valence-electron chi connectivity index (χ0n) is 9.69. The minimum Gasteiger partial charge on any atom is -0.457 e. The smallest absolute Gasteiger partial charge is 0.149 e. The fourth-order valence-electron chi connectivity index (χ4n) is 1.22. The van der Waals surface area contributed by atoms with Crippen LogP contribution in [0, 0.1) is 11.2 Å². The summed E-state index contributed by atoms with van der Waals surface area (Å²) in [5.41, 5.74) is 9.86. The van der Waals surface area contributed by atoms with Gasteiger partial charge in [-0.25, -0.2) is 4.39 Å². The summed E-state index contributed by atoms with van der Waals surface area (Å²) in [4.78, 5) is 0. The van der Waals surface area contributed by atoms with E-state index in [1.807, 2.05) is 6.08 Å². The molecule has 1 aromatic rings. The van der Waals surface area contributed by atoms with E-state index in [1.54, 1.807) is 18.3 Å². The molecule has 0 aromatic heterocycles. The number of nitrogens with one attached hydrogen (secondary N) is 2. The average molecular weight is 250 g/mol. The molecule has 0 fully saturated rings. The summed E-state index contributed by atoms with van der Waals surface area (Å²) in [5.74, 6) is 0.670. The molecule has 0 spiro atoms. The first-order chi connectivity index (χ1) is 8.67. The molecule has 0 atom stereocenters. The third kappa shape index (κ3) is 4.17. The zero-order valence-corrected chi connectivity index (χ0v) is 9.69. The van der Waals surface area contributed by atoms with Gasteiger partial charge in [0.2, 0.25) is 0 Å². The lowest BCUT2D eigenvalue weighted by atomic mass is 10.3. The Morgan fingerprint density at radius 3 is 2.72 bits per heavy atom. The minimum atomic E-state index is -0.467. The van der Waals surface area contributed by atoms with Crippen LogP contribution in [0.25, 0.3) is 0 Å². The monoisotopic (exact) mass is 250 g/mol. The number of dihydropyridines is 1. The Bertz CT molecular complexity index is 471. The van der Waals surface area contributed by atoms with Gasteiger partial charge >= 0.3 is 0 Å². The standard InChI is InChI=1S/C11H11FN2O.CH4N2/c12-10-7-9(1-2-11(10)13)15-8-3-5-14-6-4-8;2-1-3/h1-5,7,14H,6,13H2;1H,(H3,2,3). The van der Waals surface area contributed by atoms with Crippen molar-refractivity contribution in [3.63, 3.8) is 0 Å². The number of hydrogen-bond donors (Lipinski definition) is 4. The van der Waals surface area contributed by atoms with Crippen LogP contribution >= 0.6 is 0 Å². The predicted octanol–water partition coefficient (Wildman–Crippen LogP) is 1.34. The minimum absolute atomic E-state index is 0.122. The molecule has 96 valence electrons. The van der Waals surface area contributed by atoms with Crippen LogP contribution in [0.3, 0.4) is 0 Å². The van der Waals surface area contributed by atoms with E-state index in [2.05, 4.69) is 11.1 Å². The number of rotatable bonds is 2. The van der Waals surface area contributed by atoms with E-state index in [9.17, 15) is 4.39 Å². The second-order valence-electron chi connectivity index (χ2n) is 3.30. The molecule has 0 aliphatic carbocycles. The lowest BCUT2D eigenvalue weighted by Gasteiger charge is -2.10. The topological polar surface area (TPSA) is 97.2 Å². The first kappa shape index (κ1) is 13.6. The maximum absolute atomic E-state index is 13.1. The Morgan fingerprint density at radius 1 is 1.44 bits per heavy atom. The van der Waals surface area contributed by atoms with E-state index >= 15 is 0 Å². The molecule has 0 bridgehead atoms. The Kier molecular flexibility index (Phi) is 5.24. The number of nitrogen functional groups attached to an aromatic ring is 1. The highest BCUT2D eigenvalue weighted by Gasteiger charge is 2.03. The van der Waals surface area contributed by atoms with Crippen LogP contribution in [0.4, 0.5) is 10.1 Å². The largest absolute Gasteiger partial charge is 0.457 e. The molecule has 6 N–H and O–H groups in total. The Balaban J connectivity index is 0.000000492. The summed E-state index contributed by atoms with van der Waals surface area (Å²) in [6, 6.07) is 4.39. The molecule has 18 heavy (non-hydrogen) atoms. The van der Waals surface area contributed by atoms with Crippen LogP contribution in [0.1, 0.15) is 0 Å². The molecular weight excluding hydrogens is 235 g/mol. The van der Waals surface area contributed by atoms with Gasteiger partial charge in [0.05, 0.1) is 12.0 Å². The number of anilines is 1. The molecule has 1 aliphatic heterocycles. The molecule has 0 amide bonds. The Labute approximate surface area is 104 Å². The van der Waals surface area contributed by atoms with Gasteiger partial charge in [0.25, 0.3) is 0 Å². The highest BCUT2D eigenvalue weighted by molar-refractivity contribution is 5.46. The van der Waals surface area contributed by atoms with Gasteiger partial charge in [-0.15, -0.1) is 0 Å². The van der Waals surface area contributed by atoms with Crippen molar-refractivity contribution in [1.82, 2.24) is 5.32 Å². The molecule has 1 aliphatic rings. The fourth-order valence-corrected chi connectivity index (χ4v) is 1.22. The fraction of sp³-hybridized carbons (Fsp3) is 0.0833. The summed E-state index contributed by atoms with van der Waals surface area (Å²) < 4.78 is 18.5. The summed E-state index contributed by atoms with van der Waals surface area (Å²) in [6.45, 7) is 0.712.